The van der Waals surface area contributed by atoms with Crippen LogP contribution in [-0.2, 0) is 11.0 Å². The van der Waals surface area contributed by atoms with Gasteiger partial charge in [-0.3, -0.25) is 4.79 Å². The summed E-state index contributed by atoms with van der Waals surface area (Å²) in [5.74, 6) is 0.170. The molecule has 0 spiro atoms. The molecule has 4 rings (SSSR count). The fraction of sp³-hybridized carbons (Fsp3) is 0.360. The van der Waals surface area contributed by atoms with Crippen LogP contribution in [0.15, 0.2) is 48.8 Å². The molecule has 35 heavy (non-hydrogen) atoms. The summed E-state index contributed by atoms with van der Waals surface area (Å²) in [5, 5.41) is 15.5. The van der Waals surface area contributed by atoms with Crippen molar-refractivity contribution in [3.63, 3.8) is 0 Å². The number of rotatable bonds is 6. The Morgan fingerprint density at radius 1 is 1.06 bits per heavy atom. The number of carboxylic acid groups (broad SMARTS) is 1. The number of hydrogen-bond acceptors (Lipinski definition) is 6. The van der Waals surface area contributed by atoms with Gasteiger partial charge < -0.3 is 15.7 Å². The number of nitrogens with zero attached hydrogens (tertiary/aromatic N) is 3. The van der Waals surface area contributed by atoms with E-state index >= 15 is 0 Å². The highest BCUT2D eigenvalue weighted by atomic mass is 19.4. The molecular formula is C25H26F3N5O2. The lowest BCUT2D eigenvalue weighted by Crippen LogP contribution is -2.35. The second kappa shape index (κ2) is 9.89. The maximum absolute atomic E-state index is 13.0. The van der Waals surface area contributed by atoms with Crippen molar-refractivity contribution < 1.29 is 23.1 Å². The van der Waals surface area contributed by atoms with Crippen molar-refractivity contribution in [2.75, 3.05) is 10.6 Å². The first-order chi connectivity index (χ1) is 16.6. The monoisotopic (exact) mass is 485 g/mol. The van der Waals surface area contributed by atoms with Crippen LogP contribution in [-0.4, -0.2) is 32.1 Å². The number of aliphatic carboxylic acids is 1. The van der Waals surface area contributed by atoms with Crippen LogP contribution in [0.25, 0.3) is 11.3 Å². The van der Waals surface area contributed by atoms with Gasteiger partial charge in [-0.1, -0.05) is 6.92 Å². The van der Waals surface area contributed by atoms with E-state index in [0.717, 1.165) is 42.3 Å². The van der Waals surface area contributed by atoms with E-state index < -0.39 is 17.7 Å². The van der Waals surface area contributed by atoms with Gasteiger partial charge in [0.1, 0.15) is 17.5 Å². The molecule has 184 valence electrons. The van der Waals surface area contributed by atoms with E-state index in [1.54, 1.807) is 12.3 Å². The van der Waals surface area contributed by atoms with Crippen LogP contribution in [0.3, 0.4) is 0 Å². The van der Waals surface area contributed by atoms with Crippen LogP contribution < -0.4 is 10.6 Å². The SMILES string of the molecule is Cc1cc(Nc2cc(C(F)(F)F)ccn2)nc(-c2ccc(NC3CCC(C(=O)O)C(C)C3)nc2)c1. The zero-order chi connectivity index (χ0) is 25.2. The highest BCUT2D eigenvalue weighted by Crippen LogP contribution is 2.32. The van der Waals surface area contributed by atoms with Crippen molar-refractivity contribution in [3.05, 3.63) is 59.9 Å². The molecule has 3 heterocycles. The summed E-state index contributed by atoms with van der Waals surface area (Å²) in [6.45, 7) is 3.83. The molecule has 1 saturated carbocycles. The average Bonchev–Trinajstić information content (AvgIpc) is 2.78. The van der Waals surface area contributed by atoms with Crippen LogP contribution in [0.2, 0.25) is 0 Å². The molecule has 3 N–H and O–H groups in total. The number of carbonyl (C=O) groups is 1. The highest BCUT2D eigenvalue weighted by Gasteiger charge is 2.32. The summed E-state index contributed by atoms with van der Waals surface area (Å²) in [4.78, 5) is 24.3. The van der Waals surface area contributed by atoms with Gasteiger partial charge in [0.2, 0.25) is 0 Å². The third-order valence-electron chi connectivity index (χ3n) is 6.21. The molecule has 0 bridgehead atoms. The topological polar surface area (TPSA) is 100 Å². The van der Waals surface area contributed by atoms with Crippen LogP contribution >= 0.6 is 0 Å². The molecule has 3 atom stereocenters. The Kier molecular flexibility index (Phi) is 6.90. The Bertz CT molecular complexity index is 1200. The first-order valence-electron chi connectivity index (χ1n) is 11.3. The number of aromatic nitrogens is 3. The maximum atomic E-state index is 13.0. The number of nitrogens with one attached hydrogen (secondary N) is 2. The summed E-state index contributed by atoms with van der Waals surface area (Å²) < 4.78 is 39.0. The molecule has 3 aromatic heterocycles. The van der Waals surface area contributed by atoms with Crippen molar-refractivity contribution >= 4 is 23.4 Å². The van der Waals surface area contributed by atoms with Gasteiger partial charge in [0.25, 0.3) is 0 Å². The number of hydrogen-bond donors (Lipinski definition) is 3. The normalized spacial score (nSPS) is 20.3. The Hall–Kier alpha value is -3.69. The average molecular weight is 486 g/mol. The number of pyridine rings is 3. The number of anilines is 3. The number of carboxylic acids is 1. The van der Waals surface area contributed by atoms with E-state index in [1.807, 2.05) is 32.0 Å². The number of aryl methyl sites for hydroxylation is 1. The van der Waals surface area contributed by atoms with Gasteiger partial charge in [0, 0.05) is 24.0 Å². The number of halogens is 3. The Morgan fingerprint density at radius 3 is 2.51 bits per heavy atom. The molecule has 0 aliphatic heterocycles. The second-order valence-electron chi connectivity index (χ2n) is 8.98. The number of alkyl halides is 3. The predicted octanol–water partition coefficient (Wildman–Crippen LogP) is 5.91. The fourth-order valence-electron chi connectivity index (χ4n) is 4.42. The van der Waals surface area contributed by atoms with Crippen LogP contribution in [0, 0.1) is 18.8 Å². The lowest BCUT2D eigenvalue weighted by molar-refractivity contribution is -0.144. The van der Waals surface area contributed by atoms with Gasteiger partial charge in [-0.25, -0.2) is 15.0 Å². The van der Waals surface area contributed by atoms with E-state index in [9.17, 15) is 23.1 Å². The fourth-order valence-corrected chi connectivity index (χ4v) is 4.42. The van der Waals surface area contributed by atoms with E-state index in [0.29, 0.717) is 23.8 Å². The quantitative estimate of drug-likeness (QED) is 0.399. The molecule has 10 heteroatoms. The van der Waals surface area contributed by atoms with E-state index in [1.165, 1.54) is 0 Å². The second-order valence-corrected chi connectivity index (χ2v) is 8.98. The molecule has 0 saturated heterocycles. The minimum Gasteiger partial charge on any atom is -0.481 e. The van der Waals surface area contributed by atoms with Crippen LogP contribution in [0.1, 0.15) is 37.3 Å². The van der Waals surface area contributed by atoms with Crippen molar-refractivity contribution in [2.24, 2.45) is 11.8 Å². The predicted molar refractivity (Wildman–Crippen MR) is 126 cm³/mol. The first-order valence-corrected chi connectivity index (χ1v) is 11.3. The van der Waals surface area contributed by atoms with E-state index in [4.69, 9.17) is 0 Å². The zero-order valence-electron chi connectivity index (χ0n) is 19.3. The molecule has 1 aliphatic rings. The van der Waals surface area contributed by atoms with Crippen molar-refractivity contribution in [1.82, 2.24) is 15.0 Å². The molecular weight excluding hydrogens is 459 g/mol. The van der Waals surface area contributed by atoms with E-state index in [-0.39, 0.29) is 23.7 Å². The Balaban J connectivity index is 1.46. The molecule has 3 unspecified atom stereocenters. The Morgan fingerprint density at radius 2 is 1.86 bits per heavy atom. The third kappa shape index (κ3) is 6.06. The molecule has 3 aromatic rings. The summed E-state index contributed by atoms with van der Waals surface area (Å²) in [7, 11) is 0. The lowest BCUT2D eigenvalue weighted by Gasteiger charge is -2.32. The standard InChI is InChI=1S/C25H26F3N5O2/c1-14-9-20(32-23(10-14)33-22-12-17(7-8-29-22)25(26,27)28)16-3-6-21(30-13-16)31-18-4-5-19(24(34)35)15(2)11-18/h3,6-10,12-13,15,18-19H,4-5,11H2,1-2H3,(H,30,31)(H,34,35)(H,29,32,33). The molecule has 0 amide bonds. The molecule has 1 aliphatic carbocycles. The van der Waals surface area contributed by atoms with Crippen LogP contribution in [0.4, 0.5) is 30.6 Å². The Labute approximate surface area is 200 Å². The summed E-state index contributed by atoms with van der Waals surface area (Å²) in [5.41, 5.74) is 1.45. The summed E-state index contributed by atoms with van der Waals surface area (Å²) in [6.07, 6.45) is 0.492. The summed E-state index contributed by atoms with van der Waals surface area (Å²) in [6, 6.07) is 9.32. The molecule has 0 aromatic carbocycles. The smallest absolute Gasteiger partial charge is 0.416 e. The van der Waals surface area contributed by atoms with Gasteiger partial charge in [0.05, 0.1) is 17.2 Å². The van der Waals surface area contributed by atoms with Gasteiger partial charge in [-0.05, 0) is 74.1 Å². The van der Waals surface area contributed by atoms with Gasteiger partial charge >= 0.3 is 12.1 Å². The van der Waals surface area contributed by atoms with Crippen molar-refractivity contribution in [1.29, 1.82) is 0 Å². The van der Waals surface area contributed by atoms with Crippen molar-refractivity contribution in [2.45, 2.75) is 45.3 Å². The minimum atomic E-state index is -4.46. The maximum Gasteiger partial charge on any atom is 0.416 e. The molecule has 7 nitrogen and oxygen atoms in total. The van der Waals surface area contributed by atoms with Gasteiger partial charge in [0.15, 0.2) is 0 Å². The van der Waals surface area contributed by atoms with Crippen LogP contribution in [0.5, 0.6) is 0 Å². The van der Waals surface area contributed by atoms with Crippen molar-refractivity contribution in [3.8, 4) is 11.3 Å². The third-order valence-corrected chi connectivity index (χ3v) is 6.21. The first kappa shape index (κ1) is 24.4. The minimum absolute atomic E-state index is 0.0494. The largest absolute Gasteiger partial charge is 0.481 e. The van der Waals surface area contributed by atoms with Gasteiger partial charge in [-0.15, -0.1) is 0 Å². The van der Waals surface area contributed by atoms with Gasteiger partial charge in [-0.2, -0.15) is 13.2 Å². The molecule has 1 fully saturated rings. The van der Waals surface area contributed by atoms with E-state index in [2.05, 4.69) is 25.6 Å². The highest BCUT2D eigenvalue weighted by molar-refractivity contribution is 5.70. The molecule has 0 radical (unpaired) electrons. The summed E-state index contributed by atoms with van der Waals surface area (Å²) >= 11 is 0. The zero-order valence-corrected chi connectivity index (χ0v) is 19.3. The lowest BCUT2D eigenvalue weighted by atomic mass is 9.78.